The second kappa shape index (κ2) is 6.43. The van der Waals surface area contributed by atoms with Gasteiger partial charge in [-0.1, -0.05) is 28.8 Å². The minimum atomic E-state index is -3.46. The normalized spacial score (nSPS) is 17.7. The lowest BCUT2D eigenvalue weighted by Gasteiger charge is -2.28. The molecule has 1 aromatic carbocycles. The van der Waals surface area contributed by atoms with Gasteiger partial charge in [0.05, 0.1) is 4.90 Å². The fraction of sp³-hybridized carbons (Fsp3) is 0.375. The van der Waals surface area contributed by atoms with Crippen LogP contribution in [0, 0.1) is 0 Å². The summed E-state index contributed by atoms with van der Waals surface area (Å²) in [7, 11) is -3.46. The number of hydrogen-bond donors (Lipinski definition) is 1. The number of halogens is 1. The van der Waals surface area contributed by atoms with Crippen LogP contribution in [-0.4, -0.2) is 15.0 Å². The standard InChI is InChI=1S/C16H18BrNO2S2/c17-14-3-5-15(6-4-14)22(19,20)18-12-16(8-1-2-9-16)13-7-10-21-11-13/h3-7,10-11,18H,1-2,8-9,12H2. The van der Waals surface area contributed by atoms with E-state index in [1.165, 1.54) is 5.56 Å². The first-order valence-electron chi connectivity index (χ1n) is 7.30. The van der Waals surface area contributed by atoms with Crippen LogP contribution in [0.1, 0.15) is 31.2 Å². The van der Waals surface area contributed by atoms with Crippen LogP contribution in [-0.2, 0) is 15.4 Å². The van der Waals surface area contributed by atoms with Crippen LogP contribution >= 0.6 is 27.3 Å². The van der Waals surface area contributed by atoms with Gasteiger partial charge in [-0.25, -0.2) is 13.1 Å². The summed E-state index contributed by atoms with van der Waals surface area (Å²) in [6, 6.07) is 8.87. The van der Waals surface area contributed by atoms with Gasteiger partial charge in [0, 0.05) is 16.4 Å². The summed E-state index contributed by atoms with van der Waals surface area (Å²) in [6.07, 6.45) is 4.42. The molecular weight excluding hydrogens is 382 g/mol. The predicted octanol–water partition coefficient (Wildman–Crippen LogP) is 4.30. The summed E-state index contributed by atoms with van der Waals surface area (Å²) >= 11 is 5.00. The zero-order valence-electron chi connectivity index (χ0n) is 12.1. The molecule has 3 rings (SSSR count). The minimum Gasteiger partial charge on any atom is -0.210 e. The molecule has 0 amide bonds. The molecule has 1 fully saturated rings. The Morgan fingerprint density at radius 1 is 1.14 bits per heavy atom. The van der Waals surface area contributed by atoms with Crippen molar-refractivity contribution in [3.63, 3.8) is 0 Å². The van der Waals surface area contributed by atoms with E-state index in [2.05, 4.69) is 37.5 Å². The van der Waals surface area contributed by atoms with Crippen molar-refractivity contribution in [1.82, 2.24) is 4.72 Å². The monoisotopic (exact) mass is 399 g/mol. The molecule has 1 N–H and O–H groups in total. The Hall–Kier alpha value is -0.690. The summed E-state index contributed by atoms with van der Waals surface area (Å²) in [5, 5.41) is 4.22. The van der Waals surface area contributed by atoms with Crippen LogP contribution < -0.4 is 4.72 Å². The highest BCUT2D eigenvalue weighted by Gasteiger charge is 2.37. The maximum absolute atomic E-state index is 12.5. The van der Waals surface area contributed by atoms with E-state index in [-0.39, 0.29) is 5.41 Å². The lowest BCUT2D eigenvalue weighted by Crippen LogP contribution is -2.38. The molecule has 3 nitrogen and oxygen atoms in total. The Kier molecular flexibility index (Phi) is 4.73. The number of rotatable bonds is 5. The van der Waals surface area contributed by atoms with Crippen LogP contribution in [0.2, 0.25) is 0 Å². The highest BCUT2D eigenvalue weighted by Crippen LogP contribution is 2.41. The molecular formula is C16H18BrNO2S2. The smallest absolute Gasteiger partial charge is 0.210 e. The van der Waals surface area contributed by atoms with E-state index in [1.54, 1.807) is 35.6 Å². The average Bonchev–Trinajstić information content (AvgIpc) is 3.18. The molecule has 1 aliphatic carbocycles. The molecule has 0 bridgehead atoms. The first-order chi connectivity index (χ1) is 10.5. The van der Waals surface area contributed by atoms with Crippen molar-refractivity contribution < 1.29 is 8.42 Å². The van der Waals surface area contributed by atoms with Crippen LogP contribution in [0.5, 0.6) is 0 Å². The zero-order valence-corrected chi connectivity index (χ0v) is 15.3. The van der Waals surface area contributed by atoms with Gasteiger partial charge < -0.3 is 0 Å². The van der Waals surface area contributed by atoms with Gasteiger partial charge in [0.25, 0.3) is 0 Å². The Labute approximate surface area is 143 Å². The largest absolute Gasteiger partial charge is 0.240 e. The third kappa shape index (κ3) is 3.30. The molecule has 0 saturated heterocycles. The van der Waals surface area contributed by atoms with Crippen LogP contribution in [0.15, 0.2) is 50.5 Å². The topological polar surface area (TPSA) is 46.2 Å². The van der Waals surface area contributed by atoms with E-state index in [9.17, 15) is 8.42 Å². The van der Waals surface area contributed by atoms with Crippen molar-refractivity contribution in [2.24, 2.45) is 0 Å². The minimum absolute atomic E-state index is 0.0393. The van der Waals surface area contributed by atoms with Crippen LogP contribution in [0.25, 0.3) is 0 Å². The zero-order chi connectivity index (χ0) is 15.6. The Balaban J connectivity index is 1.79. The molecule has 22 heavy (non-hydrogen) atoms. The van der Waals surface area contributed by atoms with Crippen molar-refractivity contribution in [2.45, 2.75) is 36.0 Å². The van der Waals surface area contributed by atoms with Crippen LogP contribution in [0.4, 0.5) is 0 Å². The second-order valence-electron chi connectivity index (χ2n) is 5.78. The molecule has 0 aliphatic heterocycles. The van der Waals surface area contributed by atoms with Crippen molar-refractivity contribution in [1.29, 1.82) is 0 Å². The van der Waals surface area contributed by atoms with E-state index in [0.29, 0.717) is 11.4 Å². The van der Waals surface area contributed by atoms with E-state index in [0.717, 1.165) is 30.2 Å². The van der Waals surface area contributed by atoms with Crippen molar-refractivity contribution in [3.8, 4) is 0 Å². The maximum atomic E-state index is 12.5. The quantitative estimate of drug-likeness (QED) is 0.814. The van der Waals surface area contributed by atoms with E-state index in [1.807, 2.05) is 0 Å². The Morgan fingerprint density at radius 3 is 2.41 bits per heavy atom. The molecule has 0 unspecified atom stereocenters. The lowest BCUT2D eigenvalue weighted by atomic mass is 9.81. The summed E-state index contributed by atoms with van der Waals surface area (Å²) in [5.41, 5.74) is 1.23. The number of benzene rings is 1. The molecule has 1 aromatic heterocycles. The summed E-state index contributed by atoms with van der Waals surface area (Å²) in [4.78, 5) is 0.314. The molecule has 1 saturated carbocycles. The van der Waals surface area contributed by atoms with Gasteiger partial charge in [-0.05, 0) is 59.5 Å². The molecule has 1 heterocycles. The van der Waals surface area contributed by atoms with E-state index < -0.39 is 10.0 Å². The van der Waals surface area contributed by atoms with Gasteiger partial charge in [0.2, 0.25) is 10.0 Å². The fourth-order valence-corrected chi connectivity index (χ4v) is 5.29. The van der Waals surface area contributed by atoms with Gasteiger partial charge in [-0.3, -0.25) is 0 Å². The van der Waals surface area contributed by atoms with Crippen molar-refractivity contribution in [3.05, 3.63) is 51.1 Å². The first-order valence-corrected chi connectivity index (χ1v) is 10.5. The summed E-state index contributed by atoms with van der Waals surface area (Å²) in [6.45, 7) is 0.474. The summed E-state index contributed by atoms with van der Waals surface area (Å²) < 4.78 is 28.7. The average molecular weight is 400 g/mol. The molecule has 0 spiro atoms. The van der Waals surface area contributed by atoms with Gasteiger partial charge in [-0.2, -0.15) is 11.3 Å². The van der Waals surface area contributed by atoms with E-state index >= 15 is 0 Å². The van der Waals surface area contributed by atoms with Gasteiger partial charge in [0.1, 0.15) is 0 Å². The Bertz CT molecular complexity index is 718. The van der Waals surface area contributed by atoms with Crippen molar-refractivity contribution >= 4 is 37.3 Å². The van der Waals surface area contributed by atoms with Crippen LogP contribution in [0.3, 0.4) is 0 Å². The highest BCUT2D eigenvalue weighted by atomic mass is 79.9. The number of thiophene rings is 1. The molecule has 118 valence electrons. The van der Waals surface area contributed by atoms with Gasteiger partial charge >= 0.3 is 0 Å². The number of nitrogens with one attached hydrogen (secondary N) is 1. The van der Waals surface area contributed by atoms with Gasteiger partial charge in [-0.15, -0.1) is 0 Å². The number of sulfonamides is 1. The molecule has 2 aromatic rings. The molecule has 0 radical (unpaired) electrons. The molecule has 1 aliphatic rings. The molecule has 0 atom stereocenters. The lowest BCUT2D eigenvalue weighted by molar-refractivity contribution is 0.433. The SMILES string of the molecule is O=S(=O)(NCC1(c2ccsc2)CCCC1)c1ccc(Br)cc1. The Morgan fingerprint density at radius 2 is 1.82 bits per heavy atom. The van der Waals surface area contributed by atoms with E-state index in [4.69, 9.17) is 0 Å². The van der Waals surface area contributed by atoms with Gasteiger partial charge in [0.15, 0.2) is 0 Å². The maximum Gasteiger partial charge on any atom is 0.240 e. The second-order valence-corrected chi connectivity index (χ2v) is 9.24. The molecule has 6 heteroatoms. The fourth-order valence-electron chi connectivity index (χ4n) is 3.12. The highest BCUT2D eigenvalue weighted by molar-refractivity contribution is 9.10. The third-order valence-corrected chi connectivity index (χ3v) is 7.05. The van der Waals surface area contributed by atoms with Crippen molar-refractivity contribution in [2.75, 3.05) is 6.54 Å². The predicted molar refractivity (Wildman–Crippen MR) is 93.8 cm³/mol. The first kappa shape index (κ1) is 16.2. The number of hydrogen-bond acceptors (Lipinski definition) is 3. The third-order valence-electron chi connectivity index (χ3n) is 4.42. The summed E-state index contributed by atoms with van der Waals surface area (Å²) in [5.74, 6) is 0.